The van der Waals surface area contributed by atoms with Gasteiger partial charge in [0.2, 0.25) is 0 Å². The van der Waals surface area contributed by atoms with Crippen molar-refractivity contribution in [3.8, 4) is 5.75 Å². The third-order valence-electron chi connectivity index (χ3n) is 3.87. The van der Waals surface area contributed by atoms with Crippen LogP contribution >= 0.6 is 11.5 Å². The van der Waals surface area contributed by atoms with Gasteiger partial charge in [0.05, 0.1) is 13.2 Å². The molecule has 0 N–H and O–H groups in total. The number of methoxy groups -OCH3 is 1. The van der Waals surface area contributed by atoms with Gasteiger partial charge in [-0.05, 0) is 30.4 Å². The van der Waals surface area contributed by atoms with E-state index in [1.165, 1.54) is 11.5 Å². The van der Waals surface area contributed by atoms with Crippen LogP contribution < -0.4 is 4.74 Å². The molecular weight excluding hydrogens is 314 g/mol. The van der Waals surface area contributed by atoms with Crippen LogP contribution in [0, 0.1) is 0 Å². The predicted molar refractivity (Wildman–Crippen MR) is 86.6 cm³/mol. The SMILES string of the molecule is COc1ccccc1CN(C[C@@H]1CCCO1)C(=O)c1csnn1. The van der Waals surface area contributed by atoms with E-state index in [1.807, 2.05) is 24.3 Å². The van der Waals surface area contributed by atoms with Crippen LogP contribution in [0.15, 0.2) is 29.6 Å². The van der Waals surface area contributed by atoms with Gasteiger partial charge in [0.1, 0.15) is 5.75 Å². The van der Waals surface area contributed by atoms with Crippen LogP contribution in [0.3, 0.4) is 0 Å². The Kier molecular flexibility index (Phi) is 5.19. The quantitative estimate of drug-likeness (QED) is 0.812. The second-order valence-corrected chi connectivity index (χ2v) is 6.03. The Morgan fingerprint density at radius 2 is 2.35 bits per heavy atom. The lowest BCUT2D eigenvalue weighted by Crippen LogP contribution is -2.37. The van der Waals surface area contributed by atoms with E-state index in [4.69, 9.17) is 9.47 Å². The number of hydrogen-bond acceptors (Lipinski definition) is 6. The molecule has 2 heterocycles. The van der Waals surface area contributed by atoms with Crippen molar-refractivity contribution in [2.24, 2.45) is 0 Å². The second-order valence-electron chi connectivity index (χ2n) is 5.42. The van der Waals surface area contributed by atoms with Crippen LogP contribution in [0.2, 0.25) is 0 Å². The zero-order valence-corrected chi connectivity index (χ0v) is 13.8. The molecule has 1 saturated heterocycles. The van der Waals surface area contributed by atoms with Gasteiger partial charge in [-0.25, -0.2) is 0 Å². The summed E-state index contributed by atoms with van der Waals surface area (Å²) in [4.78, 5) is 14.5. The highest BCUT2D eigenvalue weighted by atomic mass is 32.1. The number of ether oxygens (including phenoxy) is 2. The number of rotatable bonds is 6. The van der Waals surface area contributed by atoms with E-state index < -0.39 is 0 Å². The number of nitrogens with zero attached hydrogens (tertiary/aromatic N) is 3. The highest BCUT2D eigenvalue weighted by molar-refractivity contribution is 7.03. The molecule has 122 valence electrons. The number of amides is 1. The molecule has 0 saturated carbocycles. The number of carbonyl (C=O) groups is 1. The first kappa shape index (κ1) is 15.9. The van der Waals surface area contributed by atoms with Gasteiger partial charge in [-0.15, -0.1) is 5.10 Å². The van der Waals surface area contributed by atoms with Gasteiger partial charge < -0.3 is 14.4 Å². The van der Waals surface area contributed by atoms with Crippen LogP contribution in [0.25, 0.3) is 0 Å². The summed E-state index contributed by atoms with van der Waals surface area (Å²) in [6, 6.07) is 7.72. The minimum atomic E-state index is -0.125. The number of hydrogen-bond donors (Lipinski definition) is 0. The van der Waals surface area contributed by atoms with Crippen LogP contribution in [-0.2, 0) is 11.3 Å². The molecular formula is C16H19N3O3S. The van der Waals surface area contributed by atoms with E-state index in [0.717, 1.165) is 30.8 Å². The molecule has 0 bridgehead atoms. The summed E-state index contributed by atoms with van der Waals surface area (Å²) >= 11 is 1.18. The summed E-state index contributed by atoms with van der Waals surface area (Å²) in [7, 11) is 1.63. The Balaban J connectivity index is 1.80. The Bertz CT molecular complexity index is 642. The topological polar surface area (TPSA) is 64.6 Å². The van der Waals surface area contributed by atoms with E-state index in [1.54, 1.807) is 17.4 Å². The first-order valence-electron chi connectivity index (χ1n) is 7.57. The maximum absolute atomic E-state index is 12.7. The number of para-hydroxylation sites is 1. The summed E-state index contributed by atoms with van der Waals surface area (Å²) in [6.45, 7) is 1.77. The lowest BCUT2D eigenvalue weighted by Gasteiger charge is -2.25. The molecule has 0 spiro atoms. The molecule has 23 heavy (non-hydrogen) atoms. The fraction of sp³-hybridized carbons (Fsp3) is 0.438. The fourth-order valence-electron chi connectivity index (χ4n) is 2.71. The molecule has 2 aromatic rings. The minimum absolute atomic E-state index is 0.0836. The van der Waals surface area contributed by atoms with Crippen LogP contribution in [0.1, 0.15) is 28.9 Å². The van der Waals surface area contributed by atoms with Crippen molar-refractivity contribution in [3.05, 3.63) is 40.9 Å². The monoisotopic (exact) mass is 333 g/mol. The van der Waals surface area contributed by atoms with E-state index >= 15 is 0 Å². The van der Waals surface area contributed by atoms with E-state index in [-0.39, 0.29) is 12.0 Å². The standard InChI is InChI=1S/C16H19N3O3S/c1-21-15-7-3-2-5-12(15)9-19(10-13-6-4-8-22-13)16(20)14-11-23-18-17-14/h2-3,5,7,11,13H,4,6,8-10H2,1H3/t13-/m0/s1. The predicted octanol–water partition coefficient (Wildman–Crippen LogP) is 2.37. The third kappa shape index (κ3) is 3.86. The van der Waals surface area contributed by atoms with Gasteiger partial charge in [-0.2, -0.15) is 0 Å². The van der Waals surface area contributed by atoms with Gasteiger partial charge in [0.25, 0.3) is 5.91 Å². The molecule has 7 heteroatoms. The summed E-state index contributed by atoms with van der Waals surface area (Å²) in [6.07, 6.45) is 2.10. The molecule has 3 rings (SSSR count). The van der Waals surface area contributed by atoms with Crippen LogP contribution in [0.5, 0.6) is 5.75 Å². The zero-order chi connectivity index (χ0) is 16.1. The Labute approximate surface area is 139 Å². The molecule has 1 amide bonds. The largest absolute Gasteiger partial charge is 0.496 e. The molecule has 1 aliphatic rings. The molecule has 1 aliphatic heterocycles. The molecule has 0 aliphatic carbocycles. The Morgan fingerprint density at radius 1 is 1.48 bits per heavy atom. The van der Waals surface area contributed by atoms with Crippen molar-refractivity contribution in [1.29, 1.82) is 0 Å². The summed E-state index contributed by atoms with van der Waals surface area (Å²) < 4.78 is 14.9. The van der Waals surface area contributed by atoms with Gasteiger partial charge >= 0.3 is 0 Å². The molecule has 6 nitrogen and oxygen atoms in total. The van der Waals surface area contributed by atoms with E-state index in [9.17, 15) is 4.79 Å². The fourth-order valence-corrected chi connectivity index (χ4v) is 3.14. The molecule has 1 atom stereocenters. The lowest BCUT2D eigenvalue weighted by molar-refractivity contribution is 0.0501. The molecule has 1 aromatic carbocycles. The molecule has 0 radical (unpaired) electrons. The van der Waals surface area contributed by atoms with Crippen molar-refractivity contribution >= 4 is 17.4 Å². The lowest BCUT2D eigenvalue weighted by atomic mass is 10.1. The van der Waals surface area contributed by atoms with Gasteiger partial charge in [-0.3, -0.25) is 4.79 Å². The van der Waals surface area contributed by atoms with Crippen LogP contribution in [-0.4, -0.2) is 46.8 Å². The Hall–Kier alpha value is -1.99. The minimum Gasteiger partial charge on any atom is -0.496 e. The number of aromatic nitrogens is 2. The number of benzene rings is 1. The maximum atomic E-state index is 12.7. The average molecular weight is 333 g/mol. The highest BCUT2D eigenvalue weighted by Crippen LogP contribution is 2.22. The first-order valence-corrected chi connectivity index (χ1v) is 8.41. The first-order chi connectivity index (χ1) is 11.3. The number of carbonyl (C=O) groups excluding carboxylic acids is 1. The molecule has 0 unspecified atom stereocenters. The maximum Gasteiger partial charge on any atom is 0.275 e. The Morgan fingerprint density at radius 3 is 3.04 bits per heavy atom. The van der Waals surface area contributed by atoms with E-state index in [2.05, 4.69) is 9.59 Å². The highest BCUT2D eigenvalue weighted by Gasteiger charge is 2.25. The van der Waals surface area contributed by atoms with Crippen molar-refractivity contribution in [2.45, 2.75) is 25.5 Å². The van der Waals surface area contributed by atoms with Gasteiger partial charge in [0, 0.05) is 30.6 Å². The smallest absolute Gasteiger partial charge is 0.275 e. The van der Waals surface area contributed by atoms with Gasteiger partial charge in [-0.1, -0.05) is 22.7 Å². The average Bonchev–Trinajstić information content (AvgIpc) is 3.27. The van der Waals surface area contributed by atoms with Gasteiger partial charge in [0.15, 0.2) is 5.69 Å². The van der Waals surface area contributed by atoms with Crippen molar-refractivity contribution in [1.82, 2.24) is 14.5 Å². The zero-order valence-electron chi connectivity index (χ0n) is 13.0. The molecule has 1 fully saturated rings. The summed E-state index contributed by atoms with van der Waals surface area (Å²) in [5, 5.41) is 5.57. The third-order valence-corrected chi connectivity index (χ3v) is 4.37. The van der Waals surface area contributed by atoms with Crippen molar-refractivity contribution < 1.29 is 14.3 Å². The van der Waals surface area contributed by atoms with Crippen molar-refractivity contribution in [2.75, 3.05) is 20.3 Å². The summed E-state index contributed by atoms with van der Waals surface area (Å²) in [5.74, 6) is 0.647. The van der Waals surface area contributed by atoms with E-state index in [0.29, 0.717) is 18.8 Å². The summed E-state index contributed by atoms with van der Waals surface area (Å²) in [5.41, 5.74) is 1.34. The normalized spacial score (nSPS) is 17.2. The molecule has 1 aromatic heterocycles. The second kappa shape index (κ2) is 7.52. The van der Waals surface area contributed by atoms with Crippen molar-refractivity contribution in [3.63, 3.8) is 0 Å². The van der Waals surface area contributed by atoms with Crippen LogP contribution in [0.4, 0.5) is 0 Å².